The molecule has 10 nitrogen and oxygen atoms in total. The van der Waals surface area contributed by atoms with Crippen LogP contribution in [0.15, 0.2) is 67.1 Å². The summed E-state index contributed by atoms with van der Waals surface area (Å²) in [6.45, 7) is 4.51. The molecule has 7 rings (SSSR count). The van der Waals surface area contributed by atoms with Crippen molar-refractivity contribution in [3.8, 4) is 5.88 Å². The Kier molecular flexibility index (Phi) is 6.85. The van der Waals surface area contributed by atoms with Crippen molar-refractivity contribution in [3.63, 3.8) is 0 Å². The molecule has 1 N–H and O–H groups in total. The number of carboxylic acid groups (broad SMARTS) is 1. The normalized spacial score (nSPS) is 18.1. The molecule has 5 aromatic rings. The minimum Gasteiger partial charge on any atom is -0.478 e. The molecular weight excluding hydrogens is 520 g/mol. The van der Waals surface area contributed by atoms with Crippen LogP contribution in [0.5, 0.6) is 5.88 Å². The second kappa shape index (κ2) is 10.9. The molecule has 2 fully saturated rings. The zero-order valence-corrected chi connectivity index (χ0v) is 22.7. The first-order chi connectivity index (χ1) is 20.1. The van der Waals surface area contributed by atoms with Gasteiger partial charge in [-0.2, -0.15) is 0 Å². The summed E-state index contributed by atoms with van der Waals surface area (Å²) in [6.07, 6.45) is 8.91. The van der Waals surface area contributed by atoms with Crippen molar-refractivity contribution in [1.29, 1.82) is 0 Å². The van der Waals surface area contributed by atoms with E-state index in [4.69, 9.17) is 19.4 Å². The number of aromatic nitrogens is 5. The van der Waals surface area contributed by atoms with Gasteiger partial charge in [0.25, 0.3) is 0 Å². The molecule has 0 bridgehead atoms. The molecule has 2 saturated heterocycles. The van der Waals surface area contributed by atoms with Crippen LogP contribution in [0.2, 0.25) is 0 Å². The molecule has 10 heteroatoms. The minimum atomic E-state index is -0.928. The molecule has 0 unspecified atom stereocenters. The van der Waals surface area contributed by atoms with E-state index >= 15 is 0 Å². The number of hydrogen-bond donors (Lipinski definition) is 1. The maximum Gasteiger partial charge on any atom is 0.335 e. The lowest BCUT2D eigenvalue weighted by Crippen LogP contribution is -2.35. The van der Waals surface area contributed by atoms with E-state index in [-0.39, 0.29) is 11.7 Å². The zero-order valence-electron chi connectivity index (χ0n) is 22.7. The molecule has 2 aliphatic rings. The highest BCUT2D eigenvalue weighted by atomic mass is 16.5. The Balaban J connectivity index is 1.00. The predicted octanol–water partition coefficient (Wildman–Crippen LogP) is 4.52. The van der Waals surface area contributed by atoms with Crippen molar-refractivity contribution in [2.45, 2.75) is 51.0 Å². The third-order valence-electron chi connectivity index (χ3n) is 8.21. The summed E-state index contributed by atoms with van der Waals surface area (Å²) in [5.41, 5.74) is 5.00. The van der Waals surface area contributed by atoms with E-state index in [1.165, 1.54) is 0 Å². The summed E-state index contributed by atoms with van der Waals surface area (Å²) >= 11 is 0. The number of likely N-dealkylation sites (tertiary alicyclic amines) is 1. The van der Waals surface area contributed by atoms with Crippen LogP contribution in [-0.4, -0.2) is 65.7 Å². The summed E-state index contributed by atoms with van der Waals surface area (Å²) < 4.78 is 15.9. The Morgan fingerprint density at radius 1 is 1.07 bits per heavy atom. The molecule has 41 heavy (non-hydrogen) atoms. The maximum absolute atomic E-state index is 11.6. The largest absolute Gasteiger partial charge is 0.478 e. The standard InChI is InChI=1S/C31H32N6O4/c38-31(39)23-5-6-26-27(16-23)37(18-24-10-15-40-24)29(33-26)19-35-12-8-22(9-13-35)25-2-1-3-30(34-25)41-20-21-4-7-28-32-11-14-36(28)17-21/h1-7,11,14,16-17,22,24H,8-10,12-13,15,18-20H2,(H,38,39)/t24-/m0/s1. The number of rotatable bonds is 9. The van der Waals surface area contributed by atoms with Crippen molar-refractivity contribution in [3.05, 3.63) is 89.8 Å². The summed E-state index contributed by atoms with van der Waals surface area (Å²) in [5, 5.41) is 9.51. The lowest BCUT2D eigenvalue weighted by molar-refractivity contribution is -0.0592. The molecule has 1 aromatic carbocycles. The number of piperidine rings is 1. The summed E-state index contributed by atoms with van der Waals surface area (Å²) in [4.78, 5) is 28.1. The number of nitrogens with zero attached hydrogens (tertiary/aromatic N) is 6. The van der Waals surface area contributed by atoms with Gasteiger partial charge in [0.1, 0.15) is 18.1 Å². The zero-order chi connectivity index (χ0) is 27.8. The highest BCUT2D eigenvalue weighted by Crippen LogP contribution is 2.30. The first-order valence-corrected chi connectivity index (χ1v) is 14.2. The van der Waals surface area contributed by atoms with Gasteiger partial charge in [-0.3, -0.25) is 4.90 Å². The highest BCUT2D eigenvalue weighted by Gasteiger charge is 2.26. The van der Waals surface area contributed by atoms with Crippen LogP contribution in [0.25, 0.3) is 16.7 Å². The van der Waals surface area contributed by atoms with Crippen LogP contribution in [-0.2, 0) is 24.4 Å². The fourth-order valence-electron chi connectivity index (χ4n) is 5.80. The Bertz CT molecular complexity index is 1700. The SMILES string of the molecule is O=C(O)c1ccc2nc(CN3CCC(c4cccc(OCc5ccc6nccn6c5)n4)CC3)n(C[C@@H]3CCO3)c2c1. The number of fused-ring (bicyclic) bond motifs is 2. The van der Waals surface area contributed by atoms with E-state index in [2.05, 4.69) is 20.5 Å². The van der Waals surface area contributed by atoms with E-state index in [0.717, 1.165) is 72.7 Å². The molecule has 4 aromatic heterocycles. The Labute approximate surface area is 237 Å². The predicted molar refractivity (Wildman–Crippen MR) is 152 cm³/mol. The van der Waals surface area contributed by atoms with Crippen LogP contribution in [0, 0.1) is 0 Å². The Hall–Kier alpha value is -4.28. The van der Waals surface area contributed by atoms with Gasteiger partial charge in [0.2, 0.25) is 5.88 Å². The second-order valence-corrected chi connectivity index (χ2v) is 10.9. The number of benzene rings is 1. The first kappa shape index (κ1) is 25.7. The topological polar surface area (TPSA) is 107 Å². The number of hydrogen-bond acceptors (Lipinski definition) is 7. The van der Waals surface area contributed by atoms with Crippen LogP contribution < -0.4 is 4.74 Å². The molecule has 2 aliphatic heterocycles. The smallest absolute Gasteiger partial charge is 0.335 e. The van der Waals surface area contributed by atoms with E-state index < -0.39 is 5.97 Å². The Morgan fingerprint density at radius 2 is 1.95 bits per heavy atom. The number of pyridine rings is 2. The highest BCUT2D eigenvalue weighted by molar-refractivity contribution is 5.92. The maximum atomic E-state index is 11.6. The summed E-state index contributed by atoms with van der Waals surface area (Å²) in [6, 6.07) is 15.2. The molecular formula is C31H32N6O4. The monoisotopic (exact) mass is 552 g/mol. The molecule has 1 atom stereocenters. The molecule has 210 valence electrons. The molecule has 0 amide bonds. The van der Waals surface area contributed by atoms with Crippen molar-refractivity contribution in [2.75, 3.05) is 19.7 Å². The average Bonchev–Trinajstić information content (AvgIpc) is 3.57. The third-order valence-corrected chi connectivity index (χ3v) is 8.21. The lowest BCUT2D eigenvalue weighted by Gasteiger charge is -2.32. The average molecular weight is 553 g/mol. The van der Waals surface area contributed by atoms with Crippen molar-refractivity contribution >= 4 is 22.6 Å². The molecule has 0 aliphatic carbocycles. The molecule has 0 spiro atoms. The van der Waals surface area contributed by atoms with Gasteiger partial charge in [-0.05, 0) is 62.7 Å². The van der Waals surface area contributed by atoms with E-state index in [9.17, 15) is 9.90 Å². The second-order valence-electron chi connectivity index (χ2n) is 10.9. The van der Waals surface area contributed by atoms with Crippen molar-refractivity contribution in [2.24, 2.45) is 0 Å². The van der Waals surface area contributed by atoms with Crippen LogP contribution in [0.1, 0.15) is 52.6 Å². The van der Waals surface area contributed by atoms with Gasteiger partial charge in [-0.25, -0.2) is 19.7 Å². The summed E-state index contributed by atoms with van der Waals surface area (Å²) in [5.74, 6) is 1.04. The third kappa shape index (κ3) is 5.40. The van der Waals surface area contributed by atoms with Crippen molar-refractivity contribution in [1.82, 2.24) is 28.8 Å². The van der Waals surface area contributed by atoms with Gasteiger partial charge >= 0.3 is 5.97 Å². The fraction of sp³-hybridized carbons (Fsp3) is 0.355. The lowest BCUT2D eigenvalue weighted by atomic mass is 9.93. The van der Waals surface area contributed by atoms with Crippen molar-refractivity contribution < 1.29 is 19.4 Å². The fourth-order valence-corrected chi connectivity index (χ4v) is 5.80. The minimum absolute atomic E-state index is 0.153. The van der Waals surface area contributed by atoms with Crippen LogP contribution in [0.3, 0.4) is 0 Å². The van der Waals surface area contributed by atoms with Crippen LogP contribution in [0.4, 0.5) is 0 Å². The van der Waals surface area contributed by atoms with Gasteiger partial charge in [0.05, 0.1) is 35.8 Å². The number of ether oxygens (including phenoxy) is 2. The van der Waals surface area contributed by atoms with Gasteiger partial charge < -0.3 is 23.5 Å². The van der Waals surface area contributed by atoms with Gasteiger partial charge in [0, 0.05) is 48.4 Å². The number of imidazole rings is 2. The van der Waals surface area contributed by atoms with E-state index in [0.29, 0.717) is 31.5 Å². The first-order valence-electron chi connectivity index (χ1n) is 14.2. The van der Waals surface area contributed by atoms with Crippen LogP contribution >= 0.6 is 0 Å². The van der Waals surface area contributed by atoms with Gasteiger partial charge in [0.15, 0.2) is 0 Å². The quantitative estimate of drug-likeness (QED) is 0.284. The molecule has 0 saturated carbocycles. The number of aromatic carboxylic acids is 1. The number of carboxylic acids is 1. The van der Waals surface area contributed by atoms with E-state index in [1.807, 2.05) is 47.1 Å². The van der Waals surface area contributed by atoms with Gasteiger partial charge in [-0.1, -0.05) is 12.1 Å². The Morgan fingerprint density at radius 3 is 2.76 bits per heavy atom. The summed E-state index contributed by atoms with van der Waals surface area (Å²) in [7, 11) is 0. The number of carbonyl (C=O) groups is 1. The molecule has 0 radical (unpaired) electrons. The van der Waals surface area contributed by atoms with E-state index in [1.54, 1.807) is 18.3 Å². The van der Waals surface area contributed by atoms with Gasteiger partial charge in [-0.15, -0.1) is 0 Å². The molecule has 6 heterocycles.